The van der Waals surface area contributed by atoms with E-state index in [9.17, 15) is 9.59 Å². The third-order valence-corrected chi connectivity index (χ3v) is 3.80. The molecule has 1 heterocycles. The molecule has 0 spiro atoms. The largest absolute Gasteiger partial charge is 0.449 e. The van der Waals surface area contributed by atoms with Crippen molar-refractivity contribution in [2.75, 3.05) is 19.8 Å². The third kappa shape index (κ3) is 9.85. The van der Waals surface area contributed by atoms with Gasteiger partial charge in [-0.2, -0.15) is 5.26 Å². The van der Waals surface area contributed by atoms with Crippen LogP contribution in [-0.2, 0) is 23.8 Å². The molecule has 1 aliphatic rings. The fourth-order valence-electron chi connectivity index (χ4n) is 2.46. The van der Waals surface area contributed by atoms with Crippen molar-refractivity contribution in [2.24, 2.45) is 0 Å². The van der Waals surface area contributed by atoms with Crippen LogP contribution < -0.4 is 5.32 Å². The monoisotopic (exact) mass is 352 g/mol. The van der Waals surface area contributed by atoms with Crippen molar-refractivity contribution in [1.82, 2.24) is 5.32 Å². The van der Waals surface area contributed by atoms with Gasteiger partial charge >= 0.3 is 5.97 Å². The van der Waals surface area contributed by atoms with Crippen LogP contribution in [0.4, 0.5) is 0 Å². The van der Waals surface area contributed by atoms with E-state index in [1.165, 1.54) is 0 Å². The lowest BCUT2D eigenvalue weighted by Crippen LogP contribution is -2.41. The molecule has 140 valence electrons. The zero-order valence-corrected chi connectivity index (χ0v) is 14.7. The van der Waals surface area contributed by atoms with Gasteiger partial charge in [-0.3, -0.25) is 4.79 Å². The van der Waals surface area contributed by atoms with Crippen molar-refractivity contribution in [3.05, 3.63) is 12.7 Å². The SMILES string of the molecule is C=CCCC(=O)NC(CCCCOC1CCCCO1)C(=O)OCC#N. The van der Waals surface area contributed by atoms with Crippen molar-refractivity contribution >= 4 is 11.9 Å². The maximum absolute atomic E-state index is 12.0. The number of rotatable bonds is 12. The molecule has 25 heavy (non-hydrogen) atoms. The van der Waals surface area contributed by atoms with Gasteiger partial charge in [0.05, 0.1) is 0 Å². The first-order valence-electron chi connectivity index (χ1n) is 8.84. The molecular formula is C18H28N2O5. The summed E-state index contributed by atoms with van der Waals surface area (Å²) < 4.78 is 16.0. The predicted molar refractivity (Wildman–Crippen MR) is 91.3 cm³/mol. The Balaban J connectivity index is 2.30. The molecule has 2 atom stereocenters. The zero-order chi connectivity index (χ0) is 18.3. The number of hydrogen-bond donors (Lipinski definition) is 1. The number of ether oxygens (including phenoxy) is 3. The van der Waals surface area contributed by atoms with Crippen molar-refractivity contribution in [3.8, 4) is 6.07 Å². The van der Waals surface area contributed by atoms with E-state index in [4.69, 9.17) is 19.5 Å². The van der Waals surface area contributed by atoms with Crippen LogP contribution in [0.1, 0.15) is 51.4 Å². The summed E-state index contributed by atoms with van der Waals surface area (Å²) >= 11 is 0. The lowest BCUT2D eigenvalue weighted by molar-refractivity contribution is -0.163. The average molecular weight is 352 g/mol. The lowest BCUT2D eigenvalue weighted by Gasteiger charge is -2.22. The number of allylic oxidation sites excluding steroid dienone is 1. The van der Waals surface area contributed by atoms with E-state index in [-0.39, 0.29) is 25.2 Å². The molecule has 0 radical (unpaired) electrons. The summed E-state index contributed by atoms with van der Waals surface area (Å²) in [5, 5.41) is 11.2. The van der Waals surface area contributed by atoms with Gasteiger partial charge in [0, 0.05) is 19.6 Å². The molecule has 1 amide bonds. The van der Waals surface area contributed by atoms with Gasteiger partial charge in [-0.1, -0.05) is 6.08 Å². The summed E-state index contributed by atoms with van der Waals surface area (Å²) in [4.78, 5) is 23.8. The van der Waals surface area contributed by atoms with Gasteiger partial charge in [-0.25, -0.2) is 4.79 Å². The molecule has 1 aliphatic heterocycles. The smallest absolute Gasteiger partial charge is 0.329 e. The highest BCUT2D eigenvalue weighted by molar-refractivity contribution is 5.84. The molecule has 1 saturated heterocycles. The van der Waals surface area contributed by atoms with Gasteiger partial charge in [-0.15, -0.1) is 6.58 Å². The van der Waals surface area contributed by atoms with E-state index in [1.54, 1.807) is 12.1 Å². The van der Waals surface area contributed by atoms with E-state index in [0.717, 1.165) is 32.3 Å². The standard InChI is InChI=1S/C18H28N2O5/c1-2-3-9-16(21)20-15(18(22)25-14-11-19)8-4-6-12-23-17-10-5-7-13-24-17/h2,15,17H,1,3-10,12-14H2,(H,20,21). The molecule has 2 unspecified atom stereocenters. The minimum Gasteiger partial charge on any atom is -0.449 e. The Kier molecular flexibility index (Phi) is 11.3. The number of unbranched alkanes of at least 4 members (excludes halogenated alkanes) is 1. The van der Waals surface area contributed by atoms with Gasteiger partial charge in [0.25, 0.3) is 0 Å². The molecule has 0 saturated carbocycles. The molecular weight excluding hydrogens is 324 g/mol. The molecule has 7 heteroatoms. The van der Waals surface area contributed by atoms with Crippen LogP contribution in [0.2, 0.25) is 0 Å². The second-order valence-electron chi connectivity index (χ2n) is 5.88. The minimum atomic E-state index is -0.739. The highest BCUT2D eigenvalue weighted by Crippen LogP contribution is 2.14. The summed E-state index contributed by atoms with van der Waals surface area (Å²) in [5.41, 5.74) is 0. The van der Waals surface area contributed by atoms with Crippen molar-refractivity contribution in [2.45, 2.75) is 63.7 Å². The van der Waals surface area contributed by atoms with Crippen molar-refractivity contribution in [1.29, 1.82) is 5.26 Å². The number of nitrogens with one attached hydrogen (secondary N) is 1. The second kappa shape index (κ2) is 13.4. The number of amides is 1. The van der Waals surface area contributed by atoms with Crippen LogP contribution in [0.5, 0.6) is 0 Å². The summed E-state index contributed by atoms with van der Waals surface area (Å²) in [7, 11) is 0. The maximum Gasteiger partial charge on any atom is 0.329 e. The molecule has 0 aromatic carbocycles. The molecule has 0 aromatic heterocycles. The lowest BCUT2D eigenvalue weighted by atomic mass is 10.1. The highest BCUT2D eigenvalue weighted by atomic mass is 16.7. The van der Waals surface area contributed by atoms with E-state index < -0.39 is 12.0 Å². The van der Waals surface area contributed by atoms with E-state index in [2.05, 4.69) is 11.9 Å². The fourth-order valence-corrected chi connectivity index (χ4v) is 2.46. The van der Waals surface area contributed by atoms with E-state index >= 15 is 0 Å². The quantitative estimate of drug-likeness (QED) is 0.328. The van der Waals surface area contributed by atoms with Gasteiger partial charge in [0.1, 0.15) is 12.1 Å². The average Bonchev–Trinajstić information content (AvgIpc) is 2.64. The van der Waals surface area contributed by atoms with Crippen molar-refractivity contribution in [3.63, 3.8) is 0 Å². The zero-order valence-electron chi connectivity index (χ0n) is 14.7. The Bertz CT molecular complexity index is 455. The Hall–Kier alpha value is -1.91. The Morgan fingerprint density at radius 1 is 1.40 bits per heavy atom. The van der Waals surface area contributed by atoms with Crippen LogP contribution in [0.15, 0.2) is 12.7 Å². The predicted octanol–water partition coefficient (Wildman–Crippen LogP) is 2.22. The number of hydrogen-bond acceptors (Lipinski definition) is 6. The van der Waals surface area contributed by atoms with Gasteiger partial charge in [0.2, 0.25) is 5.91 Å². The van der Waals surface area contributed by atoms with Crippen LogP contribution >= 0.6 is 0 Å². The maximum atomic E-state index is 12.0. The molecule has 0 bridgehead atoms. The van der Waals surface area contributed by atoms with Crippen LogP contribution in [0.25, 0.3) is 0 Å². The Morgan fingerprint density at radius 2 is 2.24 bits per heavy atom. The number of carbonyl (C=O) groups excluding carboxylic acids is 2. The molecule has 0 aliphatic carbocycles. The summed E-state index contributed by atoms with van der Waals surface area (Å²) in [5.74, 6) is -0.810. The Morgan fingerprint density at radius 3 is 2.92 bits per heavy atom. The summed E-state index contributed by atoms with van der Waals surface area (Å²) in [6.07, 6.45) is 7.35. The van der Waals surface area contributed by atoms with E-state index in [0.29, 0.717) is 25.9 Å². The number of nitrogens with zero attached hydrogens (tertiary/aromatic N) is 1. The van der Waals surface area contributed by atoms with Gasteiger partial charge < -0.3 is 19.5 Å². The van der Waals surface area contributed by atoms with Gasteiger partial charge in [-0.05, 0) is 44.9 Å². The normalized spacial score (nSPS) is 18.0. The number of carbonyl (C=O) groups is 2. The summed E-state index contributed by atoms with van der Waals surface area (Å²) in [6.45, 7) is 4.54. The first-order valence-corrected chi connectivity index (χ1v) is 8.84. The van der Waals surface area contributed by atoms with Crippen LogP contribution in [0.3, 0.4) is 0 Å². The summed E-state index contributed by atoms with van der Waals surface area (Å²) in [6, 6.07) is 1.01. The minimum absolute atomic E-state index is 0.122. The molecule has 1 fully saturated rings. The second-order valence-corrected chi connectivity index (χ2v) is 5.88. The van der Waals surface area contributed by atoms with Crippen molar-refractivity contribution < 1.29 is 23.8 Å². The molecule has 1 N–H and O–H groups in total. The molecule has 1 rings (SSSR count). The molecule has 0 aromatic rings. The fraction of sp³-hybridized carbons (Fsp3) is 0.722. The van der Waals surface area contributed by atoms with Gasteiger partial charge in [0.15, 0.2) is 12.9 Å². The third-order valence-electron chi connectivity index (χ3n) is 3.80. The van der Waals surface area contributed by atoms with Crippen LogP contribution in [-0.4, -0.2) is 44.0 Å². The first kappa shape index (κ1) is 21.1. The number of esters is 1. The highest BCUT2D eigenvalue weighted by Gasteiger charge is 2.22. The molecule has 7 nitrogen and oxygen atoms in total. The van der Waals surface area contributed by atoms with Crippen LogP contribution in [0, 0.1) is 11.3 Å². The Labute approximate surface area is 149 Å². The van der Waals surface area contributed by atoms with E-state index in [1.807, 2.05) is 0 Å². The first-order chi connectivity index (χ1) is 12.2. The number of nitriles is 1. The topological polar surface area (TPSA) is 97.7 Å².